The van der Waals surface area contributed by atoms with E-state index in [0.29, 0.717) is 19.6 Å². The van der Waals surface area contributed by atoms with Crippen molar-refractivity contribution in [3.63, 3.8) is 0 Å². The molecule has 3 aromatic rings. The van der Waals surface area contributed by atoms with Crippen molar-refractivity contribution in [1.82, 2.24) is 4.90 Å². The van der Waals surface area contributed by atoms with E-state index in [1.807, 2.05) is 95.9 Å². The summed E-state index contributed by atoms with van der Waals surface area (Å²) < 4.78 is 0. The summed E-state index contributed by atoms with van der Waals surface area (Å²) in [6, 6.07) is 28.3. The highest BCUT2D eigenvalue weighted by Gasteiger charge is 2.21. The first-order chi connectivity index (χ1) is 13.6. The van der Waals surface area contributed by atoms with Crippen LogP contribution in [0.3, 0.4) is 0 Å². The van der Waals surface area contributed by atoms with Crippen molar-refractivity contribution >= 4 is 0 Å². The molecule has 0 radical (unpaired) electrons. The Kier molecular flexibility index (Phi) is 7.34. The van der Waals surface area contributed by atoms with E-state index in [4.69, 9.17) is 0 Å². The van der Waals surface area contributed by atoms with Gasteiger partial charge in [0.2, 0.25) is 0 Å². The summed E-state index contributed by atoms with van der Waals surface area (Å²) >= 11 is 0. The van der Waals surface area contributed by atoms with E-state index < -0.39 is 18.3 Å². The summed E-state index contributed by atoms with van der Waals surface area (Å²) in [7, 11) is 0. The van der Waals surface area contributed by atoms with Gasteiger partial charge in [0.1, 0.15) is 0 Å². The molecule has 0 bridgehead atoms. The predicted molar refractivity (Wildman–Crippen MR) is 111 cm³/mol. The Labute approximate surface area is 166 Å². The van der Waals surface area contributed by atoms with Gasteiger partial charge in [-0.3, -0.25) is 4.90 Å². The Morgan fingerprint density at radius 2 is 0.714 bits per heavy atom. The largest absolute Gasteiger partial charge is 0.387 e. The molecule has 4 heteroatoms. The smallest absolute Gasteiger partial charge is 0.0916 e. The molecule has 146 valence electrons. The Morgan fingerprint density at radius 1 is 0.464 bits per heavy atom. The molecule has 1 unspecified atom stereocenters. The average molecular weight is 377 g/mol. The SMILES string of the molecule is OC(CN(C[C@@H](O)c1ccccc1)C[C@@H](O)c1ccccc1)c1ccccc1. The van der Waals surface area contributed by atoms with E-state index in [0.717, 1.165) is 16.7 Å². The van der Waals surface area contributed by atoms with Gasteiger partial charge in [-0.1, -0.05) is 91.0 Å². The Hall–Kier alpha value is -2.50. The lowest BCUT2D eigenvalue weighted by Crippen LogP contribution is -2.36. The van der Waals surface area contributed by atoms with Crippen LogP contribution in [0.1, 0.15) is 35.0 Å². The fourth-order valence-corrected chi connectivity index (χ4v) is 3.30. The Bertz CT molecular complexity index is 698. The van der Waals surface area contributed by atoms with Crippen molar-refractivity contribution in [2.45, 2.75) is 18.3 Å². The van der Waals surface area contributed by atoms with Gasteiger partial charge in [0.05, 0.1) is 18.3 Å². The number of rotatable bonds is 9. The molecule has 3 atom stereocenters. The van der Waals surface area contributed by atoms with Crippen molar-refractivity contribution in [1.29, 1.82) is 0 Å². The molecule has 4 nitrogen and oxygen atoms in total. The van der Waals surface area contributed by atoms with E-state index >= 15 is 0 Å². The maximum atomic E-state index is 10.7. The van der Waals surface area contributed by atoms with Crippen LogP contribution in [-0.2, 0) is 0 Å². The molecule has 3 aromatic carbocycles. The second-order valence-electron chi connectivity index (χ2n) is 7.00. The van der Waals surface area contributed by atoms with Crippen LogP contribution in [0.5, 0.6) is 0 Å². The topological polar surface area (TPSA) is 63.9 Å². The van der Waals surface area contributed by atoms with E-state index in [9.17, 15) is 15.3 Å². The number of hydrogen-bond donors (Lipinski definition) is 3. The van der Waals surface area contributed by atoms with Crippen LogP contribution in [-0.4, -0.2) is 39.9 Å². The molecular weight excluding hydrogens is 350 g/mol. The lowest BCUT2D eigenvalue weighted by Gasteiger charge is -2.29. The summed E-state index contributed by atoms with van der Waals surface area (Å²) in [5.41, 5.74) is 2.45. The Balaban J connectivity index is 1.73. The van der Waals surface area contributed by atoms with Crippen molar-refractivity contribution in [2.24, 2.45) is 0 Å². The number of nitrogens with zero attached hydrogens (tertiary/aromatic N) is 1. The van der Waals surface area contributed by atoms with Gasteiger partial charge in [-0.2, -0.15) is 0 Å². The lowest BCUT2D eigenvalue weighted by molar-refractivity contribution is 0.0370. The number of aliphatic hydroxyl groups is 3. The fourth-order valence-electron chi connectivity index (χ4n) is 3.30. The third-order valence-corrected chi connectivity index (χ3v) is 4.85. The minimum atomic E-state index is -0.702. The summed E-state index contributed by atoms with van der Waals surface area (Å²) in [5.74, 6) is 0. The molecular formula is C24H27NO3. The van der Waals surface area contributed by atoms with Crippen LogP contribution in [0, 0.1) is 0 Å². The molecule has 0 saturated heterocycles. The van der Waals surface area contributed by atoms with Gasteiger partial charge in [-0.25, -0.2) is 0 Å². The minimum Gasteiger partial charge on any atom is -0.387 e. The van der Waals surface area contributed by atoms with Crippen LogP contribution in [0.15, 0.2) is 91.0 Å². The zero-order valence-electron chi connectivity index (χ0n) is 15.8. The molecule has 28 heavy (non-hydrogen) atoms. The number of hydrogen-bond acceptors (Lipinski definition) is 4. The third kappa shape index (κ3) is 5.75. The number of aliphatic hydroxyl groups excluding tert-OH is 3. The maximum absolute atomic E-state index is 10.7. The monoisotopic (exact) mass is 377 g/mol. The highest BCUT2D eigenvalue weighted by atomic mass is 16.3. The normalized spacial score (nSPS) is 14.6. The fraction of sp³-hybridized carbons (Fsp3) is 0.250. The van der Waals surface area contributed by atoms with Crippen LogP contribution in [0.25, 0.3) is 0 Å². The van der Waals surface area contributed by atoms with E-state index in [-0.39, 0.29) is 0 Å². The molecule has 3 rings (SSSR count). The van der Waals surface area contributed by atoms with Gasteiger partial charge in [0.25, 0.3) is 0 Å². The van der Waals surface area contributed by atoms with Crippen LogP contribution in [0.2, 0.25) is 0 Å². The molecule has 0 saturated carbocycles. The highest BCUT2D eigenvalue weighted by molar-refractivity contribution is 5.20. The van der Waals surface area contributed by atoms with Gasteiger partial charge in [-0.05, 0) is 16.7 Å². The highest BCUT2D eigenvalue weighted by Crippen LogP contribution is 2.21. The molecule has 0 aliphatic carbocycles. The molecule has 0 heterocycles. The molecule has 0 spiro atoms. The quantitative estimate of drug-likeness (QED) is 0.534. The third-order valence-electron chi connectivity index (χ3n) is 4.85. The maximum Gasteiger partial charge on any atom is 0.0916 e. The predicted octanol–water partition coefficient (Wildman–Crippen LogP) is 3.49. The van der Waals surface area contributed by atoms with Crippen LogP contribution < -0.4 is 0 Å². The van der Waals surface area contributed by atoms with E-state index in [1.165, 1.54) is 0 Å². The van der Waals surface area contributed by atoms with Gasteiger partial charge < -0.3 is 15.3 Å². The molecule has 0 fully saturated rings. The van der Waals surface area contributed by atoms with Crippen molar-refractivity contribution in [2.75, 3.05) is 19.6 Å². The summed E-state index contributed by atoms with van der Waals surface area (Å²) in [6.45, 7) is 0.952. The molecule has 0 aromatic heterocycles. The van der Waals surface area contributed by atoms with Gasteiger partial charge in [0.15, 0.2) is 0 Å². The Morgan fingerprint density at radius 3 is 0.964 bits per heavy atom. The van der Waals surface area contributed by atoms with E-state index in [1.54, 1.807) is 0 Å². The summed E-state index contributed by atoms with van der Waals surface area (Å²) in [5, 5.41) is 32.0. The lowest BCUT2D eigenvalue weighted by atomic mass is 10.1. The van der Waals surface area contributed by atoms with Crippen LogP contribution in [0.4, 0.5) is 0 Å². The average Bonchev–Trinajstić information content (AvgIpc) is 2.75. The molecule has 3 N–H and O–H groups in total. The van der Waals surface area contributed by atoms with Crippen molar-refractivity contribution in [3.05, 3.63) is 108 Å². The first kappa shape index (κ1) is 20.2. The van der Waals surface area contributed by atoms with Crippen molar-refractivity contribution < 1.29 is 15.3 Å². The second kappa shape index (κ2) is 10.2. The molecule has 0 amide bonds. The van der Waals surface area contributed by atoms with Gasteiger partial charge in [0, 0.05) is 19.6 Å². The minimum absolute atomic E-state index is 0.317. The van der Waals surface area contributed by atoms with Crippen molar-refractivity contribution in [3.8, 4) is 0 Å². The molecule has 0 aliphatic heterocycles. The summed E-state index contributed by atoms with van der Waals surface area (Å²) in [4.78, 5) is 1.91. The van der Waals surface area contributed by atoms with E-state index in [2.05, 4.69) is 0 Å². The zero-order valence-corrected chi connectivity index (χ0v) is 15.8. The summed E-state index contributed by atoms with van der Waals surface area (Å²) in [6.07, 6.45) is -2.11. The zero-order chi connectivity index (χ0) is 19.8. The second-order valence-corrected chi connectivity index (χ2v) is 7.00. The van der Waals surface area contributed by atoms with Gasteiger partial charge in [-0.15, -0.1) is 0 Å². The van der Waals surface area contributed by atoms with Gasteiger partial charge >= 0.3 is 0 Å². The first-order valence-corrected chi connectivity index (χ1v) is 9.55. The number of benzene rings is 3. The standard InChI is InChI=1S/C24H27NO3/c26-22(19-10-4-1-5-11-19)16-25(17-23(27)20-12-6-2-7-13-20)18-24(28)21-14-8-3-9-15-21/h1-15,22-24,26-28H,16-18H2/t22-,23-,24?/m1/s1. The molecule has 0 aliphatic rings. The van der Waals surface area contributed by atoms with Crippen LogP contribution >= 0.6 is 0 Å². The first-order valence-electron chi connectivity index (χ1n) is 9.55.